The van der Waals surface area contributed by atoms with E-state index in [0.717, 1.165) is 24.0 Å². The summed E-state index contributed by atoms with van der Waals surface area (Å²) in [6.07, 6.45) is 2.61. The highest BCUT2D eigenvalue weighted by Gasteiger charge is 2.32. The lowest BCUT2D eigenvalue weighted by Gasteiger charge is -2.30. The minimum absolute atomic E-state index is 0.00746. The van der Waals surface area contributed by atoms with Gasteiger partial charge in [0.25, 0.3) is 0 Å². The molecule has 0 radical (unpaired) electrons. The molecule has 186 valence electrons. The normalized spacial score (nSPS) is 20.0. The van der Waals surface area contributed by atoms with E-state index in [9.17, 15) is 19.5 Å². The fourth-order valence-corrected chi connectivity index (χ4v) is 5.35. The van der Waals surface area contributed by atoms with E-state index in [1.165, 1.54) is 11.1 Å². The number of fused-ring (bicyclic) bond motifs is 3. The van der Waals surface area contributed by atoms with Gasteiger partial charge in [0.2, 0.25) is 5.91 Å². The number of nitrogens with one attached hydrogen (secondary N) is 2. The fourth-order valence-electron chi connectivity index (χ4n) is 5.35. The van der Waals surface area contributed by atoms with Crippen molar-refractivity contribution in [3.63, 3.8) is 0 Å². The summed E-state index contributed by atoms with van der Waals surface area (Å²) in [5, 5.41) is 15.0. The van der Waals surface area contributed by atoms with Crippen LogP contribution in [0.1, 0.15) is 63.0 Å². The van der Waals surface area contributed by atoms with Gasteiger partial charge in [0.1, 0.15) is 12.6 Å². The number of hydrogen-bond acceptors (Lipinski definition) is 4. The Labute approximate surface area is 206 Å². The maximum atomic E-state index is 12.7. The van der Waals surface area contributed by atoms with Gasteiger partial charge in [-0.05, 0) is 53.9 Å². The Balaban J connectivity index is 1.31. The van der Waals surface area contributed by atoms with E-state index in [0.29, 0.717) is 19.3 Å². The molecule has 2 amide bonds. The van der Waals surface area contributed by atoms with Crippen molar-refractivity contribution in [2.24, 2.45) is 11.8 Å². The highest BCUT2D eigenvalue weighted by molar-refractivity contribution is 5.85. The minimum atomic E-state index is -1.02. The van der Waals surface area contributed by atoms with E-state index in [1.807, 2.05) is 38.1 Å². The molecule has 3 N–H and O–H groups in total. The third-order valence-electron chi connectivity index (χ3n) is 7.03. The molecular formula is C28H34N2O5. The lowest BCUT2D eigenvalue weighted by atomic mass is 9.85. The van der Waals surface area contributed by atoms with Crippen molar-refractivity contribution in [2.45, 2.75) is 64.0 Å². The number of carboxylic acids is 1. The molecular weight excluding hydrogens is 444 g/mol. The molecule has 0 aromatic heterocycles. The summed E-state index contributed by atoms with van der Waals surface area (Å²) in [6.45, 7) is 4.10. The SMILES string of the molecule is CC(C)C[C@@H](NC(=O)[C@@H]1CCC[C@@H](NC(=O)OCC2c3ccccc3-c3ccccc32)C1)C(=O)O. The van der Waals surface area contributed by atoms with E-state index < -0.39 is 18.1 Å². The van der Waals surface area contributed by atoms with Gasteiger partial charge in [-0.15, -0.1) is 0 Å². The number of alkyl carbamates (subject to hydrolysis) is 1. The number of carbonyl (C=O) groups is 3. The van der Waals surface area contributed by atoms with Crippen LogP contribution in [0.2, 0.25) is 0 Å². The number of carbonyl (C=O) groups excluding carboxylic acids is 2. The summed E-state index contributed by atoms with van der Waals surface area (Å²) in [7, 11) is 0. The van der Waals surface area contributed by atoms with Gasteiger partial charge in [-0.3, -0.25) is 4.79 Å². The molecule has 0 saturated heterocycles. The van der Waals surface area contributed by atoms with Gasteiger partial charge in [0, 0.05) is 17.9 Å². The van der Waals surface area contributed by atoms with Gasteiger partial charge in [0.15, 0.2) is 0 Å². The third-order valence-corrected chi connectivity index (χ3v) is 7.03. The zero-order valence-electron chi connectivity index (χ0n) is 20.3. The van der Waals surface area contributed by atoms with Crippen molar-refractivity contribution in [1.82, 2.24) is 10.6 Å². The second-order valence-corrected chi connectivity index (χ2v) is 10.1. The number of aliphatic carboxylic acids is 1. The smallest absolute Gasteiger partial charge is 0.407 e. The van der Waals surface area contributed by atoms with Crippen LogP contribution in [0.5, 0.6) is 0 Å². The maximum absolute atomic E-state index is 12.7. The number of carboxylic acid groups (broad SMARTS) is 1. The van der Waals surface area contributed by atoms with Crippen LogP contribution in [-0.2, 0) is 14.3 Å². The van der Waals surface area contributed by atoms with Crippen molar-refractivity contribution in [1.29, 1.82) is 0 Å². The Morgan fingerprint density at radius 2 is 1.63 bits per heavy atom. The summed E-state index contributed by atoms with van der Waals surface area (Å²) in [5.41, 5.74) is 4.67. The predicted octanol–water partition coefficient (Wildman–Crippen LogP) is 4.70. The lowest BCUT2D eigenvalue weighted by molar-refractivity contribution is -0.143. The zero-order chi connectivity index (χ0) is 24.9. The Hall–Kier alpha value is -3.35. The molecule has 2 aromatic rings. The topological polar surface area (TPSA) is 105 Å². The van der Waals surface area contributed by atoms with Gasteiger partial charge in [-0.25, -0.2) is 9.59 Å². The molecule has 4 rings (SSSR count). The van der Waals surface area contributed by atoms with Crippen LogP contribution in [0.4, 0.5) is 4.79 Å². The molecule has 0 bridgehead atoms. The number of hydrogen-bond donors (Lipinski definition) is 3. The summed E-state index contributed by atoms with van der Waals surface area (Å²) >= 11 is 0. The number of ether oxygens (including phenoxy) is 1. The average Bonchev–Trinajstić information content (AvgIpc) is 3.16. The molecule has 35 heavy (non-hydrogen) atoms. The second kappa shape index (κ2) is 10.9. The first-order chi connectivity index (χ1) is 16.8. The average molecular weight is 479 g/mol. The standard InChI is InChI=1S/C28H34N2O5/c1-17(2)14-25(27(32)33)30-26(31)18-8-7-9-19(15-18)29-28(34)35-16-24-22-12-5-3-10-20(22)21-11-4-6-13-23(21)24/h3-6,10-13,17-19,24-25H,7-9,14-16H2,1-2H3,(H,29,34)(H,30,31)(H,32,33)/t18-,19-,25-/m1/s1. The second-order valence-electron chi connectivity index (χ2n) is 10.1. The highest BCUT2D eigenvalue weighted by Crippen LogP contribution is 2.44. The van der Waals surface area contributed by atoms with Crippen molar-refractivity contribution < 1.29 is 24.2 Å². The number of amides is 2. The maximum Gasteiger partial charge on any atom is 0.407 e. The molecule has 7 heteroatoms. The molecule has 1 saturated carbocycles. The Bertz CT molecular complexity index is 1040. The van der Waals surface area contributed by atoms with Crippen molar-refractivity contribution in [3.05, 3.63) is 59.7 Å². The van der Waals surface area contributed by atoms with Crippen molar-refractivity contribution >= 4 is 18.0 Å². The van der Waals surface area contributed by atoms with E-state index in [-0.39, 0.29) is 36.3 Å². The third kappa shape index (κ3) is 5.84. The van der Waals surface area contributed by atoms with Crippen LogP contribution in [0.15, 0.2) is 48.5 Å². The molecule has 2 aromatic carbocycles. The monoisotopic (exact) mass is 478 g/mol. The Morgan fingerprint density at radius 1 is 1.00 bits per heavy atom. The number of rotatable bonds is 8. The Morgan fingerprint density at radius 3 is 2.23 bits per heavy atom. The van der Waals surface area contributed by atoms with Crippen LogP contribution in [-0.4, -0.2) is 41.8 Å². The summed E-state index contributed by atoms with van der Waals surface area (Å²) in [5.74, 6) is -1.44. The number of benzene rings is 2. The van der Waals surface area contributed by atoms with Crippen LogP contribution < -0.4 is 10.6 Å². The largest absolute Gasteiger partial charge is 0.480 e. The van der Waals surface area contributed by atoms with E-state index in [1.54, 1.807) is 0 Å². The van der Waals surface area contributed by atoms with Gasteiger partial charge in [-0.2, -0.15) is 0 Å². The first-order valence-electron chi connectivity index (χ1n) is 12.5. The van der Waals surface area contributed by atoms with E-state index in [2.05, 4.69) is 34.9 Å². The molecule has 1 fully saturated rings. The van der Waals surface area contributed by atoms with Crippen LogP contribution in [0.25, 0.3) is 11.1 Å². The van der Waals surface area contributed by atoms with Gasteiger partial charge < -0.3 is 20.5 Å². The molecule has 0 heterocycles. The minimum Gasteiger partial charge on any atom is -0.480 e. The van der Waals surface area contributed by atoms with Gasteiger partial charge >= 0.3 is 12.1 Å². The molecule has 3 atom stereocenters. The predicted molar refractivity (Wildman–Crippen MR) is 133 cm³/mol. The fraction of sp³-hybridized carbons (Fsp3) is 0.464. The van der Waals surface area contributed by atoms with E-state index >= 15 is 0 Å². The zero-order valence-corrected chi connectivity index (χ0v) is 20.3. The molecule has 2 aliphatic carbocycles. The highest BCUT2D eigenvalue weighted by atomic mass is 16.5. The van der Waals surface area contributed by atoms with Gasteiger partial charge in [-0.1, -0.05) is 68.8 Å². The van der Waals surface area contributed by atoms with Crippen molar-refractivity contribution in [2.75, 3.05) is 6.61 Å². The van der Waals surface area contributed by atoms with Crippen LogP contribution >= 0.6 is 0 Å². The Kier molecular flexibility index (Phi) is 7.73. The van der Waals surface area contributed by atoms with Crippen LogP contribution in [0, 0.1) is 11.8 Å². The van der Waals surface area contributed by atoms with Crippen LogP contribution in [0.3, 0.4) is 0 Å². The molecule has 7 nitrogen and oxygen atoms in total. The lowest BCUT2D eigenvalue weighted by Crippen LogP contribution is -2.47. The summed E-state index contributed by atoms with van der Waals surface area (Å²) in [6, 6.07) is 15.3. The van der Waals surface area contributed by atoms with E-state index in [4.69, 9.17) is 4.74 Å². The van der Waals surface area contributed by atoms with Gasteiger partial charge in [0.05, 0.1) is 0 Å². The summed E-state index contributed by atoms with van der Waals surface area (Å²) in [4.78, 5) is 36.9. The molecule has 2 aliphatic rings. The first-order valence-corrected chi connectivity index (χ1v) is 12.5. The van der Waals surface area contributed by atoms with Crippen molar-refractivity contribution in [3.8, 4) is 11.1 Å². The molecule has 0 aliphatic heterocycles. The quantitative estimate of drug-likeness (QED) is 0.510. The molecule has 0 spiro atoms. The summed E-state index contributed by atoms with van der Waals surface area (Å²) < 4.78 is 5.65. The molecule has 0 unspecified atom stereocenters. The first kappa shape index (κ1) is 24.8.